The number of aromatic nitrogens is 2. The third kappa shape index (κ3) is 4.23. The maximum atomic E-state index is 14.1. The summed E-state index contributed by atoms with van der Waals surface area (Å²) in [6.45, 7) is 4.28. The van der Waals surface area contributed by atoms with E-state index in [-0.39, 0.29) is 11.6 Å². The molecule has 2 aromatic heterocycles. The van der Waals surface area contributed by atoms with E-state index in [1.165, 1.54) is 19.4 Å². The summed E-state index contributed by atoms with van der Waals surface area (Å²) in [6, 6.07) is 28.8. The summed E-state index contributed by atoms with van der Waals surface area (Å²) in [5.41, 5.74) is 3.99. The summed E-state index contributed by atoms with van der Waals surface area (Å²) in [5, 5.41) is 1.25. The van der Waals surface area contributed by atoms with Gasteiger partial charge in [-0.25, -0.2) is 4.98 Å². The number of aryl methyl sites for hydroxylation is 1. The molecule has 0 radical (unpaired) electrons. The maximum absolute atomic E-state index is 14.1. The zero-order valence-corrected chi connectivity index (χ0v) is 22.4. The van der Waals surface area contributed by atoms with Crippen molar-refractivity contribution in [3.63, 3.8) is 0 Å². The number of hydrogen-bond acceptors (Lipinski definition) is 4. The second kappa shape index (κ2) is 9.77. The molecule has 36 heavy (non-hydrogen) atoms. The van der Waals surface area contributed by atoms with E-state index in [4.69, 9.17) is 4.98 Å². The largest absolute Gasteiger partial charge is 0.293 e. The number of halogens is 1. The van der Waals surface area contributed by atoms with Crippen LogP contribution in [0.2, 0.25) is 0 Å². The van der Waals surface area contributed by atoms with Crippen molar-refractivity contribution in [3.8, 4) is 0 Å². The molecule has 1 aliphatic heterocycles. The van der Waals surface area contributed by atoms with Crippen molar-refractivity contribution >= 4 is 37.4 Å². The predicted molar refractivity (Wildman–Crippen MR) is 151 cm³/mol. The van der Waals surface area contributed by atoms with Crippen LogP contribution in [0.5, 0.6) is 0 Å². The van der Waals surface area contributed by atoms with E-state index in [1.807, 2.05) is 59.2 Å². The van der Waals surface area contributed by atoms with Crippen molar-refractivity contribution in [2.75, 3.05) is 6.54 Å². The summed E-state index contributed by atoms with van der Waals surface area (Å²) in [4.78, 5) is 22.8. The molecule has 6 heteroatoms. The Bertz CT molecular complexity index is 1550. The average molecular weight is 557 g/mol. The Hall–Kier alpha value is -3.06. The minimum atomic E-state index is -0.218. The molecule has 1 aliphatic rings. The van der Waals surface area contributed by atoms with E-state index in [2.05, 4.69) is 69.4 Å². The third-order valence-corrected chi connectivity index (χ3v) is 9.30. The summed E-state index contributed by atoms with van der Waals surface area (Å²) in [7, 11) is 0. The first-order chi connectivity index (χ1) is 17.6. The molecule has 0 unspecified atom stereocenters. The molecule has 0 atom stereocenters. The van der Waals surface area contributed by atoms with Gasteiger partial charge in [-0.2, -0.15) is 0 Å². The van der Waals surface area contributed by atoms with Gasteiger partial charge in [-0.1, -0.05) is 78.9 Å². The number of nitrogens with zero attached hydrogens (tertiary/aromatic N) is 3. The highest BCUT2D eigenvalue weighted by molar-refractivity contribution is 9.10. The van der Waals surface area contributed by atoms with Crippen LogP contribution in [-0.2, 0) is 19.5 Å². The quantitative estimate of drug-likeness (QED) is 0.241. The van der Waals surface area contributed by atoms with Gasteiger partial charge in [0.05, 0.1) is 17.3 Å². The van der Waals surface area contributed by atoms with Gasteiger partial charge in [0, 0.05) is 45.5 Å². The lowest BCUT2D eigenvalue weighted by atomic mass is 9.97. The van der Waals surface area contributed by atoms with Gasteiger partial charge in [-0.3, -0.25) is 14.3 Å². The fraction of sp³-hybridized carbons (Fsp3) is 0.200. The normalized spacial score (nSPS) is 13.9. The maximum Gasteiger partial charge on any atom is 0.259 e. The van der Waals surface area contributed by atoms with Crippen LogP contribution in [0.1, 0.15) is 39.1 Å². The van der Waals surface area contributed by atoms with Crippen LogP contribution in [-0.4, -0.2) is 21.0 Å². The summed E-state index contributed by atoms with van der Waals surface area (Å²) in [5.74, 6) is 0.761. The number of benzene rings is 3. The molecule has 3 heterocycles. The first-order valence-electron chi connectivity index (χ1n) is 12.2. The zero-order valence-electron chi connectivity index (χ0n) is 20.0. The Balaban J connectivity index is 1.39. The third-order valence-electron chi connectivity index (χ3n) is 6.97. The van der Waals surface area contributed by atoms with E-state index < -0.39 is 0 Å². The molecule has 0 saturated heterocycles. The highest BCUT2D eigenvalue weighted by Gasteiger charge is 2.27. The second-order valence-electron chi connectivity index (χ2n) is 9.28. The van der Waals surface area contributed by atoms with Crippen molar-refractivity contribution in [1.29, 1.82) is 0 Å². The first kappa shape index (κ1) is 23.3. The zero-order chi connectivity index (χ0) is 24.6. The molecule has 4 nitrogen and oxygen atoms in total. The van der Waals surface area contributed by atoms with Gasteiger partial charge in [0.15, 0.2) is 0 Å². The molecule has 3 aromatic carbocycles. The van der Waals surface area contributed by atoms with Crippen molar-refractivity contribution < 1.29 is 0 Å². The topological polar surface area (TPSA) is 38.1 Å². The molecule has 0 spiro atoms. The highest BCUT2D eigenvalue weighted by Crippen LogP contribution is 2.37. The number of hydrogen-bond donors (Lipinski definition) is 0. The molecule has 0 fully saturated rings. The van der Waals surface area contributed by atoms with Crippen LogP contribution >= 0.6 is 27.3 Å². The Labute approximate surface area is 223 Å². The van der Waals surface area contributed by atoms with Crippen LogP contribution in [0.25, 0.3) is 10.1 Å². The number of fused-ring (bicyclic) bond motifs is 2. The number of rotatable bonds is 5. The van der Waals surface area contributed by atoms with Gasteiger partial charge in [0.1, 0.15) is 5.82 Å². The van der Waals surface area contributed by atoms with E-state index in [0.29, 0.717) is 6.54 Å². The van der Waals surface area contributed by atoms with Crippen LogP contribution in [0.15, 0.2) is 94.2 Å². The van der Waals surface area contributed by atoms with Gasteiger partial charge in [0.2, 0.25) is 0 Å². The van der Waals surface area contributed by atoms with Crippen LogP contribution < -0.4 is 5.56 Å². The molecule has 0 saturated carbocycles. The van der Waals surface area contributed by atoms with Gasteiger partial charge < -0.3 is 0 Å². The molecular weight excluding hydrogens is 530 g/mol. The summed E-state index contributed by atoms with van der Waals surface area (Å²) >= 11 is 5.64. The smallest absolute Gasteiger partial charge is 0.259 e. The second-order valence-corrected chi connectivity index (χ2v) is 11.2. The van der Waals surface area contributed by atoms with Crippen molar-refractivity contribution in [2.45, 2.75) is 32.5 Å². The average Bonchev–Trinajstić information content (AvgIpc) is 3.23. The van der Waals surface area contributed by atoms with Gasteiger partial charge >= 0.3 is 0 Å². The monoisotopic (exact) mass is 555 g/mol. The minimum absolute atomic E-state index is 0.0651. The van der Waals surface area contributed by atoms with Crippen molar-refractivity contribution in [1.82, 2.24) is 14.5 Å². The molecule has 0 amide bonds. The lowest BCUT2D eigenvalue weighted by molar-refractivity contribution is 0.242. The van der Waals surface area contributed by atoms with Crippen LogP contribution in [0.3, 0.4) is 0 Å². The Morgan fingerprint density at radius 2 is 1.58 bits per heavy atom. The molecule has 0 aliphatic carbocycles. The van der Waals surface area contributed by atoms with E-state index in [1.54, 1.807) is 0 Å². The minimum Gasteiger partial charge on any atom is -0.293 e. The predicted octanol–water partition coefficient (Wildman–Crippen LogP) is 6.72. The molecule has 6 rings (SSSR count). The summed E-state index contributed by atoms with van der Waals surface area (Å²) < 4.78 is 4.34. The van der Waals surface area contributed by atoms with Gasteiger partial charge in [-0.15, -0.1) is 11.3 Å². The molecule has 5 aromatic rings. The molecular formula is C30H26BrN3OS. The lowest BCUT2D eigenvalue weighted by Gasteiger charge is -2.30. The van der Waals surface area contributed by atoms with E-state index in [0.717, 1.165) is 47.7 Å². The van der Waals surface area contributed by atoms with Crippen molar-refractivity contribution in [2.24, 2.45) is 0 Å². The van der Waals surface area contributed by atoms with E-state index >= 15 is 0 Å². The Morgan fingerprint density at radius 3 is 2.25 bits per heavy atom. The Kier molecular flexibility index (Phi) is 6.34. The molecule has 180 valence electrons. The Morgan fingerprint density at radius 1 is 0.944 bits per heavy atom. The fourth-order valence-electron chi connectivity index (χ4n) is 5.23. The number of thiophene rings is 1. The van der Waals surface area contributed by atoms with Gasteiger partial charge in [-0.05, 0) is 40.0 Å². The lowest BCUT2D eigenvalue weighted by Crippen LogP contribution is -2.40. The fourth-order valence-corrected chi connectivity index (χ4v) is 7.22. The highest BCUT2D eigenvalue weighted by atomic mass is 79.9. The molecule has 0 N–H and O–H groups in total. The molecule has 0 bridgehead atoms. The standard InChI is InChI=1S/C30H26BrN3OS/c1-20-32-25-16-17-33(19-27-28(31)23-14-8-9-15-26(23)36-27)18-24(25)30(35)34(20)29(21-10-4-2-5-11-21)22-12-6-3-7-13-22/h2-15,29H,16-19H2,1H3. The van der Waals surface area contributed by atoms with Gasteiger partial charge in [0.25, 0.3) is 5.56 Å². The summed E-state index contributed by atoms with van der Waals surface area (Å²) in [6.07, 6.45) is 0.788. The SMILES string of the molecule is Cc1nc2c(c(=O)n1C(c1ccccc1)c1ccccc1)CN(Cc1sc3ccccc3c1Br)CC2. The van der Waals surface area contributed by atoms with E-state index in [9.17, 15) is 4.79 Å². The van der Waals surface area contributed by atoms with Crippen LogP contribution in [0, 0.1) is 6.92 Å². The van der Waals surface area contributed by atoms with Crippen molar-refractivity contribution in [3.05, 3.63) is 133 Å². The first-order valence-corrected chi connectivity index (χ1v) is 13.8. The van der Waals surface area contributed by atoms with Crippen LogP contribution in [0.4, 0.5) is 0 Å².